The van der Waals surface area contributed by atoms with Crippen molar-refractivity contribution in [3.05, 3.63) is 35.5 Å². The molecule has 3 aromatic rings. The third-order valence-electron chi connectivity index (χ3n) is 5.53. The molecule has 0 saturated carbocycles. The van der Waals surface area contributed by atoms with E-state index >= 15 is 0 Å². The van der Waals surface area contributed by atoms with Crippen molar-refractivity contribution in [3.63, 3.8) is 0 Å². The van der Waals surface area contributed by atoms with Gasteiger partial charge in [-0.25, -0.2) is 4.98 Å². The molecule has 0 atom stereocenters. The van der Waals surface area contributed by atoms with Crippen molar-refractivity contribution >= 4 is 28.5 Å². The van der Waals surface area contributed by atoms with E-state index in [0.29, 0.717) is 0 Å². The van der Waals surface area contributed by atoms with Crippen LogP contribution in [0.5, 0.6) is 0 Å². The lowest BCUT2D eigenvalue weighted by molar-refractivity contribution is -0.130. The maximum Gasteiger partial charge on any atom is 0.388 e. The van der Waals surface area contributed by atoms with Crippen molar-refractivity contribution in [2.75, 3.05) is 36.4 Å². The van der Waals surface area contributed by atoms with Crippen molar-refractivity contribution in [2.45, 2.75) is 59.7 Å². The molecule has 3 heterocycles. The second-order valence-corrected chi connectivity index (χ2v) is 8.29. The van der Waals surface area contributed by atoms with Gasteiger partial charge in [-0.2, -0.15) is 23.3 Å². The van der Waals surface area contributed by atoms with Gasteiger partial charge in [-0.05, 0) is 31.9 Å². The number of hydrogen-bond acceptors (Lipinski definition) is 6. The molecular weight excluding hydrogens is 443 g/mol. The summed E-state index contributed by atoms with van der Waals surface area (Å²) in [4.78, 5) is 12.2. The zero-order valence-corrected chi connectivity index (χ0v) is 20.3. The van der Waals surface area contributed by atoms with Gasteiger partial charge in [0.15, 0.2) is 5.82 Å². The Bertz CT molecular complexity index is 1060. The van der Waals surface area contributed by atoms with E-state index in [4.69, 9.17) is 15.1 Å². The molecule has 0 bridgehead atoms. The Labute approximate surface area is 198 Å². The monoisotopic (exact) mass is 477 g/mol. The first-order chi connectivity index (χ1) is 16.3. The number of nitrogens with one attached hydrogen (secondary N) is 2. The lowest BCUT2D eigenvalue weighted by Crippen LogP contribution is -2.44. The van der Waals surface area contributed by atoms with E-state index in [1.165, 1.54) is 5.56 Å². The molecule has 0 aliphatic carbocycles. The number of anilines is 3. The van der Waals surface area contributed by atoms with Gasteiger partial charge in [-0.1, -0.05) is 38.5 Å². The van der Waals surface area contributed by atoms with Gasteiger partial charge in [-0.3, -0.25) is 4.68 Å². The van der Waals surface area contributed by atoms with Gasteiger partial charge in [0.05, 0.1) is 5.69 Å². The van der Waals surface area contributed by atoms with Gasteiger partial charge < -0.3 is 15.5 Å². The van der Waals surface area contributed by atoms with Gasteiger partial charge in [0, 0.05) is 44.8 Å². The smallest absolute Gasteiger partial charge is 0.338 e. The summed E-state index contributed by atoms with van der Waals surface area (Å²) in [6, 6.07) is 8.40. The maximum atomic E-state index is 10.8. The Kier molecular flexibility index (Phi) is 8.71. The van der Waals surface area contributed by atoms with Crippen molar-refractivity contribution in [2.24, 2.45) is 0 Å². The molecular formula is C24H34F3N7. The highest BCUT2D eigenvalue weighted by molar-refractivity contribution is 5.90. The number of fused-ring (bicyclic) bond motifs is 1. The number of aromatic nitrogens is 4. The van der Waals surface area contributed by atoms with Crippen molar-refractivity contribution in [1.82, 2.24) is 25.1 Å². The van der Waals surface area contributed by atoms with E-state index in [9.17, 15) is 13.2 Å². The van der Waals surface area contributed by atoms with Crippen LogP contribution in [-0.2, 0) is 13.0 Å². The Balaban J connectivity index is 0.000000481. The fourth-order valence-corrected chi connectivity index (χ4v) is 3.61. The van der Waals surface area contributed by atoms with Crippen molar-refractivity contribution in [1.29, 1.82) is 0 Å². The van der Waals surface area contributed by atoms with Gasteiger partial charge >= 0.3 is 6.18 Å². The summed E-state index contributed by atoms with van der Waals surface area (Å²) < 4.78 is 34.4. The van der Waals surface area contributed by atoms with E-state index < -0.39 is 12.6 Å². The average molecular weight is 478 g/mol. The van der Waals surface area contributed by atoms with Crippen molar-refractivity contribution < 1.29 is 13.2 Å². The molecule has 1 fully saturated rings. The Morgan fingerprint density at radius 3 is 2.24 bits per heavy atom. The van der Waals surface area contributed by atoms with E-state index in [2.05, 4.69) is 65.3 Å². The number of nitrogens with zero attached hydrogens (tertiary/aromatic N) is 5. The van der Waals surface area contributed by atoms with E-state index in [1.807, 2.05) is 0 Å². The third kappa shape index (κ3) is 6.59. The second kappa shape index (κ2) is 11.5. The SMILES string of the molecule is CCC(F)(F)F.CCCn1nc(CC)c2nc(N3CCNCC3)nc(Nc3ccc(C)cc3)c21. The summed E-state index contributed by atoms with van der Waals surface area (Å²) in [5, 5.41) is 11.8. The standard InChI is InChI=1S/C21H29N7.C3H5F3/c1-4-12-28-19-18(17(5-2)26-28)24-21(27-13-10-22-11-14-27)25-20(19)23-16-8-6-15(3)7-9-16;1-2-3(4,5)6/h6-9,22H,4-5,10-14H2,1-3H3,(H,23,24,25);2H2,1H3. The highest BCUT2D eigenvalue weighted by Gasteiger charge is 2.23. The zero-order valence-electron chi connectivity index (χ0n) is 20.3. The van der Waals surface area contributed by atoms with Crippen LogP contribution in [0.1, 0.15) is 44.9 Å². The Hall–Kier alpha value is -2.88. The summed E-state index contributed by atoms with van der Waals surface area (Å²) in [6.07, 6.45) is -2.81. The molecule has 10 heteroatoms. The lowest BCUT2D eigenvalue weighted by Gasteiger charge is -2.27. The van der Waals surface area contributed by atoms with E-state index in [1.54, 1.807) is 0 Å². The predicted octanol–water partition coefficient (Wildman–Crippen LogP) is 5.22. The van der Waals surface area contributed by atoms with Crippen LogP contribution in [0.15, 0.2) is 24.3 Å². The lowest BCUT2D eigenvalue weighted by atomic mass is 10.2. The normalized spacial score (nSPS) is 14.1. The molecule has 0 unspecified atom stereocenters. The number of aryl methyl sites for hydroxylation is 3. The Morgan fingerprint density at radius 2 is 1.68 bits per heavy atom. The quantitative estimate of drug-likeness (QED) is 0.507. The first-order valence-corrected chi connectivity index (χ1v) is 11.9. The minimum absolute atomic E-state index is 0.729. The van der Waals surface area contributed by atoms with Gasteiger partial charge in [0.2, 0.25) is 5.95 Å². The number of rotatable bonds is 6. The van der Waals surface area contributed by atoms with Crippen LogP contribution < -0.4 is 15.5 Å². The third-order valence-corrected chi connectivity index (χ3v) is 5.53. The molecule has 4 rings (SSSR count). The van der Waals surface area contributed by atoms with Gasteiger partial charge in [0.25, 0.3) is 0 Å². The average Bonchev–Trinajstić information content (AvgIpc) is 3.19. The molecule has 7 nitrogen and oxygen atoms in total. The molecule has 1 saturated heterocycles. The summed E-state index contributed by atoms with van der Waals surface area (Å²) in [6.45, 7) is 12.1. The minimum Gasteiger partial charge on any atom is -0.338 e. The van der Waals surface area contributed by atoms with Crippen LogP contribution >= 0.6 is 0 Å². The predicted molar refractivity (Wildman–Crippen MR) is 131 cm³/mol. The first kappa shape index (κ1) is 25.7. The highest BCUT2D eigenvalue weighted by atomic mass is 19.4. The van der Waals surface area contributed by atoms with Crippen molar-refractivity contribution in [3.8, 4) is 0 Å². The summed E-state index contributed by atoms with van der Waals surface area (Å²) in [7, 11) is 0. The number of hydrogen-bond donors (Lipinski definition) is 2. The van der Waals surface area contributed by atoms with Crippen LogP contribution in [0.4, 0.5) is 30.6 Å². The number of benzene rings is 1. The molecule has 186 valence electrons. The van der Waals surface area contributed by atoms with E-state index in [0.717, 1.165) is 86.7 Å². The zero-order chi connectivity index (χ0) is 24.7. The van der Waals surface area contributed by atoms with Gasteiger partial charge in [0.1, 0.15) is 11.0 Å². The summed E-state index contributed by atoms with van der Waals surface area (Å²) >= 11 is 0. The van der Waals surface area contributed by atoms with Crippen LogP contribution in [0.3, 0.4) is 0 Å². The molecule has 2 N–H and O–H groups in total. The summed E-state index contributed by atoms with van der Waals surface area (Å²) in [5.74, 6) is 1.62. The molecule has 1 aliphatic rings. The van der Waals surface area contributed by atoms with Gasteiger partial charge in [-0.15, -0.1) is 0 Å². The van der Waals surface area contributed by atoms with E-state index in [-0.39, 0.29) is 0 Å². The van der Waals surface area contributed by atoms with Crippen LogP contribution in [0.2, 0.25) is 0 Å². The number of alkyl halides is 3. The molecule has 1 aromatic carbocycles. The molecule has 0 amide bonds. The fourth-order valence-electron chi connectivity index (χ4n) is 3.61. The minimum atomic E-state index is -3.96. The second-order valence-electron chi connectivity index (χ2n) is 8.29. The molecule has 0 radical (unpaired) electrons. The molecule has 2 aromatic heterocycles. The van der Waals surface area contributed by atoms with Crippen LogP contribution in [0, 0.1) is 6.92 Å². The van der Waals surface area contributed by atoms with Crippen LogP contribution in [-0.4, -0.2) is 52.1 Å². The maximum absolute atomic E-state index is 10.8. The number of halogens is 3. The highest BCUT2D eigenvalue weighted by Crippen LogP contribution is 2.29. The van der Waals surface area contributed by atoms with Crippen LogP contribution in [0.25, 0.3) is 11.0 Å². The molecule has 34 heavy (non-hydrogen) atoms. The molecule has 0 spiro atoms. The largest absolute Gasteiger partial charge is 0.388 e. The topological polar surface area (TPSA) is 70.9 Å². The number of piperazine rings is 1. The fraction of sp³-hybridized carbons (Fsp3) is 0.542. The Morgan fingerprint density at radius 1 is 1.03 bits per heavy atom. The summed E-state index contributed by atoms with van der Waals surface area (Å²) in [5.41, 5.74) is 5.27. The molecule has 1 aliphatic heterocycles. The first-order valence-electron chi connectivity index (χ1n) is 11.9.